The molecule has 0 radical (unpaired) electrons. The van der Waals surface area contributed by atoms with E-state index in [1.54, 1.807) is 11.3 Å². The van der Waals surface area contributed by atoms with Gasteiger partial charge in [-0.25, -0.2) is 0 Å². The molecule has 0 saturated carbocycles. The fraction of sp³-hybridized carbons (Fsp3) is 0.667. The number of thiophene rings is 1. The van der Waals surface area contributed by atoms with Gasteiger partial charge in [0.1, 0.15) is 0 Å². The summed E-state index contributed by atoms with van der Waals surface area (Å²) < 4.78 is 0. The van der Waals surface area contributed by atoms with Crippen LogP contribution < -0.4 is 5.32 Å². The van der Waals surface area contributed by atoms with Crippen molar-refractivity contribution in [3.05, 3.63) is 22.4 Å². The van der Waals surface area contributed by atoms with Crippen LogP contribution in [0.5, 0.6) is 0 Å². The summed E-state index contributed by atoms with van der Waals surface area (Å²) in [7, 11) is 0. The first-order valence-corrected chi connectivity index (χ1v) is 6.52. The van der Waals surface area contributed by atoms with Crippen molar-refractivity contribution in [2.24, 2.45) is 0 Å². The third-order valence-electron chi connectivity index (χ3n) is 2.86. The summed E-state index contributed by atoms with van der Waals surface area (Å²) in [6.45, 7) is 6.82. The molecule has 0 aliphatic rings. The van der Waals surface area contributed by atoms with Crippen LogP contribution in [0.25, 0.3) is 0 Å². The molecule has 1 heterocycles. The molecule has 15 heavy (non-hydrogen) atoms. The van der Waals surface area contributed by atoms with E-state index in [0.29, 0.717) is 12.6 Å². The van der Waals surface area contributed by atoms with E-state index in [1.807, 2.05) is 23.8 Å². The van der Waals surface area contributed by atoms with Gasteiger partial charge in [-0.1, -0.05) is 13.8 Å². The van der Waals surface area contributed by atoms with E-state index < -0.39 is 5.60 Å². The van der Waals surface area contributed by atoms with Crippen molar-refractivity contribution in [2.45, 2.75) is 45.3 Å². The van der Waals surface area contributed by atoms with Crippen LogP contribution in [0.1, 0.15) is 39.2 Å². The third-order valence-corrected chi connectivity index (χ3v) is 3.55. The first kappa shape index (κ1) is 12.7. The van der Waals surface area contributed by atoms with Crippen molar-refractivity contribution in [3.8, 4) is 0 Å². The minimum absolute atomic E-state index is 0.509. The standard InChI is InChI=1S/C12H21NOS/c1-4-11(5-2)13-9-12(3,14)10-6-7-15-8-10/h6-8,11,13-14H,4-5,9H2,1-3H3. The van der Waals surface area contributed by atoms with E-state index in [0.717, 1.165) is 18.4 Å². The molecule has 1 rings (SSSR count). The van der Waals surface area contributed by atoms with E-state index >= 15 is 0 Å². The van der Waals surface area contributed by atoms with Crippen LogP contribution in [0.15, 0.2) is 16.8 Å². The molecule has 0 saturated heterocycles. The highest BCUT2D eigenvalue weighted by molar-refractivity contribution is 7.08. The Morgan fingerprint density at radius 2 is 2.13 bits per heavy atom. The minimum Gasteiger partial charge on any atom is -0.384 e. The van der Waals surface area contributed by atoms with Gasteiger partial charge in [-0.05, 0) is 42.2 Å². The molecule has 0 fully saturated rings. The Kier molecular flexibility index (Phi) is 4.77. The van der Waals surface area contributed by atoms with Crippen LogP contribution in [0.4, 0.5) is 0 Å². The van der Waals surface area contributed by atoms with E-state index in [1.165, 1.54) is 0 Å². The van der Waals surface area contributed by atoms with Crippen molar-refractivity contribution in [2.75, 3.05) is 6.54 Å². The lowest BCUT2D eigenvalue weighted by molar-refractivity contribution is 0.0539. The van der Waals surface area contributed by atoms with Gasteiger partial charge in [-0.3, -0.25) is 0 Å². The zero-order chi connectivity index (χ0) is 11.3. The maximum Gasteiger partial charge on any atom is 0.1000 e. The van der Waals surface area contributed by atoms with E-state index in [9.17, 15) is 5.11 Å². The Labute approximate surface area is 96.3 Å². The summed E-state index contributed by atoms with van der Waals surface area (Å²) in [5, 5.41) is 17.7. The van der Waals surface area contributed by atoms with Crippen LogP contribution in [0, 0.1) is 0 Å². The van der Waals surface area contributed by atoms with Crippen LogP contribution in [-0.4, -0.2) is 17.7 Å². The van der Waals surface area contributed by atoms with Gasteiger partial charge >= 0.3 is 0 Å². The van der Waals surface area contributed by atoms with Crippen molar-refractivity contribution in [3.63, 3.8) is 0 Å². The monoisotopic (exact) mass is 227 g/mol. The van der Waals surface area contributed by atoms with Gasteiger partial charge < -0.3 is 10.4 Å². The summed E-state index contributed by atoms with van der Waals surface area (Å²) in [4.78, 5) is 0. The number of rotatable bonds is 6. The quantitative estimate of drug-likeness (QED) is 0.783. The molecular weight excluding hydrogens is 206 g/mol. The zero-order valence-corrected chi connectivity index (χ0v) is 10.6. The Bertz CT molecular complexity index is 265. The van der Waals surface area contributed by atoms with Crippen molar-refractivity contribution >= 4 is 11.3 Å². The Hall–Kier alpha value is -0.380. The fourth-order valence-corrected chi connectivity index (χ4v) is 2.38. The van der Waals surface area contributed by atoms with Crippen LogP contribution >= 0.6 is 11.3 Å². The van der Waals surface area contributed by atoms with E-state index in [2.05, 4.69) is 19.2 Å². The largest absolute Gasteiger partial charge is 0.384 e. The third kappa shape index (κ3) is 3.59. The fourth-order valence-electron chi connectivity index (χ4n) is 1.59. The minimum atomic E-state index is -0.747. The van der Waals surface area contributed by atoms with Gasteiger partial charge in [-0.2, -0.15) is 11.3 Å². The average molecular weight is 227 g/mol. The van der Waals surface area contributed by atoms with Gasteiger partial charge in [0.05, 0.1) is 5.60 Å². The molecule has 0 bridgehead atoms. The number of hydrogen-bond donors (Lipinski definition) is 2. The summed E-state index contributed by atoms with van der Waals surface area (Å²) in [6.07, 6.45) is 2.21. The molecule has 0 aliphatic heterocycles. The molecule has 2 nitrogen and oxygen atoms in total. The van der Waals surface area contributed by atoms with E-state index in [4.69, 9.17) is 0 Å². The summed E-state index contributed by atoms with van der Waals surface area (Å²) in [5.74, 6) is 0. The lowest BCUT2D eigenvalue weighted by Crippen LogP contribution is -2.40. The smallest absolute Gasteiger partial charge is 0.1000 e. The van der Waals surface area contributed by atoms with Crippen LogP contribution in [0.3, 0.4) is 0 Å². The predicted octanol–water partition coefficient (Wildman–Crippen LogP) is 2.73. The van der Waals surface area contributed by atoms with Gasteiger partial charge in [-0.15, -0.1) is 0 Å². The van der Waals surface area contributed by atoms with Crippen molar-refractivity contribution in [1.29, 1.82) is 0 Å². The molecule has 0 amide bonds. The normalized spacial score (nSPS) is 15.5. The molecule has 1 unspecified atom stereocenters. The molecule has 0 aromatic carbocycles. The highest BCUT2D eigenvalue weighted by Gasteiger charge is 2.23. The summed E-state index contributed by atoms with van der Waals surface area (Å²) in [5.41, 5.74) is 0.258. The zero-order valence-electron chi connectivity index (χ0n) is 9.79. The first-order valence-electron chi connectivity index (χ1n) is 5.58. The second kappa shape index (κ2) is 5.64. The lowest BCUT2D eigenvalue weighted by Gasteiger charge is -2.26. The topological polar surface area (TPSA) is 32.3 Å². The first-order chi connectivity index (χ1) is 7.10. The highest BCUT2D eigenvalue weighted by atomic mass is 32.1. The maximum atomic E-state index is 10.3. The SMILES string of the molecule is CCC(CC)NCC(C)(O)c1ccsc1. The molecule has 86 valence electrons. The number of aliphatic hydroxyl groups is 1. The summed E-state index contributed by atoms with van der Waals surface area (Å²) in [6, 6.07) is 2.49. The van der Waals surface area contributed by atoms with E-state index in [-0.39, 0.29) is 0 Å². The molecule has 2 N–H and O–H groups in total. The summed E-state index contributed by atoms with van der Waals surface area (Å²) >= 11 is 1.62. The molecule has 1 atom stereocenters. The molecule has 0 aliphatic carbocycles. The van der Waals surface area contributed by atoms with Gasteiger partial charge in [0.25, 0.3) is 0 Å². The second-order valence-corrected chi connectivity index (χ2v) is 4.96. The number of nitrogens with one attached hydrogen (secondary N) is 1. The predicted molar refractivity (Wildman–Crippen MR) is 66.3 cm³/mol. The maximum absolute atomic E-state index is 10.3. The van der Waals surface area contributed by atoms with Crippen LogP contribution in [0.2, 0.25) is 0 Å². The molecule has 3 heteroatoms. The Morgan fingerprint density at radius 1 is 1.47 bits per heavy atom. The number of hydrogen-bond acceptors (Lipinski definition) is 3. The van der Waals surface area contributed by atoms with Gasteiger partial charge in [0, 0.05) is 12.6 Å². The second-order valence-electron chi connectivity index (χ2n) is 4.18. The van der Waals surface area contributed by atoms with Gasteiger partial charge in [0.15, 0.2) is 0 Å². The molecule has 0 spiro atoms. The average Bonchev–Trinajstić information content (AvgIpc) is 2.72. The lowest BCUT2D eigenvalue weighted by atomic mass is 9.98. The Morgan fingerprint density at radius 3 is 2.60 bits per heavy atom. The molecule has 1 aromatic heterocycles. The van der Waals surface area contributed by atoms with Crippen LogP contribution in [-0.2, 0) is 5.60 Å². The van der Waals surface area contributed by atoms with Gasteiger partial charge in [0.2, 0.25) is 0 Å². The molecule has 1 aromatic rings. The van der Waals surface area contributed by atoms with Crippen molar-refractivity contribution < 1.29 is 5.11 Å². The molecular formula is C12H21NOS. The Balaban J connectivity index is 2.50. The van der Waals surface area contributed by atoms with Crippen molar-refractivity contribution in [1.82, 2.24) is 5.32 Å². The highest BCUT2D eigenvalue weighted by Crippen LogP contribution is 2.22.